The van der Waals surface area contributed by atoms with Crippen molar-refractivity contribution in [3.05, 3.63) is 64.7 Å². The van der Waals surface area contributed by atoms with Crippen LogP contribution in [0.25, 0.3) is 0 Å². The quantitative estimate of drug-likeness (QED) is 0.757. The summed E-state index contributed by atoms with van der Waals surface area (Å²) in [4.78, 5) is 23.5. The van der Waals surface area contributed by atoms with E-state index in [1.54, 1.807) is 36.4 Å². The number of hydrogen-bond acceptors (Lipinski definition) is 3. The van der Waals surface area contributed by atoms with Crippen molar-refractivity contribution in [1.29, 1.82) is 0 Å². The van der Waals surface area contributed by atoms with Crippen molar-refractivity contribution in [3.8, 4) is 5.75 Å². The second-order valence-corrected chi connectivity index (χ2v) is 5.60. The van der Waals surface area contributed by atoms with Crippen LogP contribution in [-0.2, 0) is 4.79 Å². The topological polar surface area (TPSA) is 67.4 Å². The number of halogens is 1. The zero-order chi connectivity index (χ0) is 17.4. The summed E-state index contributed by atoms with van der Waals surface area (Å²) in [5.74, 6) is 0.0263. The third kappa shape index (κ3) is 5.59. The Morgan fingerprint density at radius 3 is 2.50 bits per heavy atom. The van der Waals surface area contributed by atoms with Crippen molar-refractivity contribution in [2.24, 2.45) is 0 Å². The van der Waals surface area contributed by atoms with Gasteiger partial charge in [-0.3, -0.25) is 9.59 Å². The van der Waals surface area contributed by atoms with Gasteiger partial charge in [-0.2, -0.15) is 0 Å². The number of aryl methyl sites for hydroxylation is 1. The molecule has 0 aliphatic heterocycles. The van der Waals surface area contributed by atoms with Crippen molar-refractivity contribution in [3.63, 3.8) is 0 Å². The van der Waals surface area contributed by atoms with Crippen LogP contribution in [0.2, 0.25) is 5.02 Å². The molecule has 0 aliphatic carbocycles. The van der Waals surface area contributed by atoms with Gasteiger partial charge >= 0.3 is 0 Å². The Balaban J connectivity index is 1.66. The summed E-state index contributed by atoms with van der Waals surface area (Å²) in [7, 11) is 0. The number of ether oxygens (including phenoxy) is 1. The average Bonchev–Trinajstić information content (AvgIpc) is 2.60. The highest BCUT2D eigenvalue weighted by molar-refractivity contribution is 6.32. The van der Waals surface area contributed by atoms with Gasteiger partial charge in [0, 0.05) is 18.7 Å². The molecule has 0 aliphatic rings. The van der Waals surface area contributed by atoms with Crippen molar-refractivity contribution < 1.29 is 14.3 Å². The van der Waals surface area contributed by atoms with Crippen molar-refractivity contribution in [2.45, 2.75) is 6.92 Å². The molecule has 0 heterocycles. The fourth-order valence-electron chi connectivity index (χ4n) is 1.99. The molecule has 2 aromatic carbocycles. The normalized spacial score (nSPS) is 10.1. The minimum absolute atomic E-state index is 0.129. The predicted molar refractivity (Wildman–Crippen MR) is 93.5 cm³/mol. The van der Waals surface area contributed by atoms with Crippen LogP contribution in [0, 0.1) is 6.92 Å². The van der Waals surface area contributed by atoms with E-state index in [9.17, 15) is 9.59 Å². The minimum Gasteiger partial charge on any atom is -0.482 e. The van der Waals surface area contributed by atoms with Gasteiger partial charge in [0.1, 0.15) is 5.75 Å². The van der Waals surface area contributed by atoms with E-state index in [0.29, 0.717) is 29.4 Å². The summed E-state index contributed by atoms with van der Waals surface area (Å²) < 4.78 is 5.40. The van der Waals surface area contributed by atoms with E-state index in [1.165, 1.54) is 0 Å². The lowest BCUT2D eigenvalue weighted by Gasteiger charge is -2.10. The van der Waals surface area contributed by atoms with Gasteiger partial charge in [-0.25, -0.2) is 0 Å². The molecule has 0 bridgehead atoms. The summed E-state index contributed by atoms with van der Waals surface area (Å²) in [6.45, 7) is 2.45. The van der Waals surface area contributed by atoms with Gasteiger partial charge < -0.3 is 15.4 Å². The summed E-state index contributed by atoms with van der Waals surface area (Å²) in [6, 6.07) is 14.3. The SMILES string of the molecule is Cc1ccc(Cl)c(OCC(=O)NCCNC(=O)c2ccccc2)c1. The third-order valence-corrected chi connectivity index (χ3v) is 3.53. The average molecular weight is 347 g/mol. The molecule has 0 saturated carbocycles. The van der Waals surface area contributed by atoms with Crippen LogP contribution in [0.1, 0.15) is 15.9 Å². The Labute approximate surface area is 146 Å². The molecule has 5 nitrogen and oxygen atoms in total. The predicted octanol–water partition coefficient (Wildman–Crippen LogP) is 2.57. The van der Waals surface area contributed by atoms with Gasteiger partial charge in [0.2, 0.25) is 0 Å². The maximum atomic E-state index is 11.8. The van der Waals surface area contributed by atoms with Crippen LogP contribution in [0.4, 0.5) is 0 Å². The van der Waals surface area contributed by atoms with Crippen LogP contribution in [0.5, 0.6) is 5.75 Å². The van der Waals surface area contributed by atoms with Crippen molar-refractivity contribution in [1.82, 2.24) is 10.6 Å². The first-order valence-electron chi connectivity index (χ1n) is 7.55. The van der Waals surface area contributed by atoms with Crippen LogP contribution in [0.3, 0.4) is 0 Å². The monoisotopic (exact) mass is 346 g/mol. The molecule has 0 radical (unpaired) electrons. The van der Waals surface area contributed by atoms with Crippen molar-refractivity contribution >= 4 is 23.4 Å². The highest BCUT2D eigenvalue weighted by Gasteiger charge is 2.07. The standard InChI is InChI=1S/C18H19ClN2O3/c1-13-7-8-15(19)16(11-13)24-12-17(22)20-9-10-21-18(23)14-5-3-2-4-6-14/h2-8,11H,9-10,12H2,1H3,(H,20,22)(H,21,23). The zero-order valence-corrected chi connectivity index (χ0v) is 14.1. The number of benzene rings is 2. The molecular weight excluding hydrogens is 328 g/mol. The highest BCUT2D eigenvalue weighted by atomic mass is 35.5. The van der Waals surface area contributed by atoms with E-state index in [0.717, 1.165) is 5.56 Å². The van der Waals surface area contributed by atoms with Gasteiger partial charge in [0.15, 0.2) is 6.61 Å². The van der Waals surface area contributed by atoms with E-state index < -0.39 is 0 Å². The van der Waals surface area contributed by atoms with Gasteiger partial charge in [-0.1, -0.05) is 35.9 Å². The second-order valence-electron chi connectivity index (χ2n) is 5.19. The summed E-state index contributed by atoms with van der Waals surface area (Å²) in [5.41, 5.74) is 1.58. The molecule has 0 spiro atoms. The minimum atomic E-state index is -0.276. The molecule has 0 aromatic heterocycles. The first-order chi connectivity index (χ1) is 11.6. The molecule has 6 heteroatoms. The fourth-order valence-corrected chi connectivity index (χ4v) is 2.16. The molecule has 0 fully saturated rings. The third-order valence-electron chi connectivity index (χ3n) is 3.21. The van der Waals surface area contributed by atoms with Crippen molar-refractivity contribution in [2.75, 3.05) is 19.7 Å². The van der Waals surface area contributed by atoms with Gasteiger partial charge in [-0.15, -0.1) is 0 Å². The van der Waals surface area contributed by atoms with Crippen LogP contribution in [0.15, 0.2) is 48.5 Å². The summed E-state index contributed by atoms with van der Waals surface area (Å²) in [6.07, 6.45) is 0. The zero-order valence-electron chi connectivity index (χ0n) is 13.3. The van der Waals surface area contributed by atoms with E-state index in [2.05, 4.69) is 10.6 Å². The second kappa shape index (κ2) is 8.93. The van der Waals surface area contributed by atoms with Gasteiger partial charge in [-0.05, 0) is 36.8 Å². The molecule has 2 N–H and O–H groups in total. The van der Waals surface area contributed by atoms with Gasteiger partial charge in [0.25, 0.3) is 11.8 Å². The first-order valence-corrected chi connectivity index (χ1v) is 7.93. The van der Waals surface area contributed by atoms with Crippen LogP contribution < -0.4 is 15.4 Å². The molecule has 0 atom stereocenters. The lowest BCUT2D eigenvalue weighted by molar-refractivity contribution is -0.123. The molecular formula is C18H19ClN2O3. The number of nitrogens with one attached hydrogen (secondary N) is 2. The Morgan fingerprint density at radius 2 is 1.75 bits per heavy atom. The van der Waals surface area contributed by atoms with E-state index in [1.807, 2.05) is 19.1 Å². The lowest BCUT2D eigenvalue weighted by atomic mass is 10.2. The number of hydrogen-bond donors (Lipinski definition) is 2. The molecule has 2 amide bonds. The molecule has 0 saturated heterocycles. The first kappa shape index (κ1) is 17.8. The maximum Gasteiger partial charge on any atom is 0.258 e. The Morgan fingerprint density at radius 1 is 1.04 bits per heavy atom. The number of carbonyl (C=O) groups excluding carboxylic acids is 2. The summed E-state index contributed by atoms with van der Waals surface area (Å²) >= 11 is 6.00. The fraction of sp³-hybridized carbons (Fsp3) is 0.222. The highest BCUT2D eigenvalue weighted by Crippen LogP contribution is 2.24. The Hall–Kier alpha value is -2.53. The lowest BCUT2D eigenvalue weighted by Crippen LogP contribution is -2.36. The van der Waals surface area contributed by atoms with E-state index in [4.69, 9.17) is 16.3 Å². The molecule has 126 valence electrons. The molecule has 2 rings (SSSR count). The smallest absolute Gasteiger partial charge is 0.258 e. The van der Waals surface area contributed by atoms with E-state index in [-0.39, 0.29) is 18.4 Å². The van der Waals surface area contributed by atoms with Crippen LogP contribution in [-0.4, -0.2) is 31.5 Å². The maximum absolute atomic E-state index is 11.8. The van der Waals surface area contributed by atoms with Gasteiger partial charge in [0.05, 0.1) is 5.02 Å². The summed E-state index contributed by atoms with van der Waals surface area (Å²) in [5, 5.41) is 5.86. The largest absolute Gasteiger partial charge is 0.482 e. The molecule has 2 aromatic rings. The molecule has 0 unspecified atom stereocenters. The number of rotatable bonds is 7. The van der Waals surface area contributed by atoms with Crippen LogP contribution >= 0.6 is 11.6 Å². The van der Waals surface area contributed by atoms with E-state index >= 15 is 0 Å². The molecule has 24 heavy (non-hydrogen) atoms. The number of amides is 2. The Kier molecular flexibility index (Phi) is 6.63. The Bertz CT molecular complexity index is 705. The number of carbonyl (C=O) groups is 2.